The number of hydrogen-bond acceptors (Lipinski definition) is 2. The van der Waals surface area contributed by atoms with Crippen LogP contribution in [0.3, 0.4) is 0 Å². The lowest BCUT2D eigenvalue weighted by Gasteiger charge is -2.34. The fraction of sp³-hybridized carbons (Fsp3) is 0.600. The zero-order valence-electron chi connectivity index (χ0n) is 11.6. The summed E-state index contributed by atoms with van der Waals surface area (Å²) in [5.41, 5.74) is 1.25. The van der Waals surface area contributed by atoms with Gasteiger partial charge >= 0.3 is 0 Å². The van der Waals surface area contributed by atoms with E-state index in [0.717, 1.165) is 19.6 Å². The average Bonchev–Trinajstić information content (AvgIpc) is 2.92. The van der Waals surface area contributed by atoms with Crippen molar-refractivity contribution in [3.8, 4) is 0 Å². The maximum atomic E-state index is 6.14. The van der Waals surface area contributed by atoms with Gasteiger partial charge in [0.15, 0.2) is 0 Å². The van der Waals surface area contributed by atoms with Crippen LogP contribution in [-0.4, -0.2) is 30.6 Å². The summed E-state index contributed by atoms with van der Waals surface area (Å²) in [7, 11) is 0. The molecule has 1 heterocycles. The van der Waals surface area contributed by atoms with Gasteiger partial charge in [0.05, 0.1) is 10.0 Å². The summed E-state index contributed by atoms with van der Waals surface area (Å²) in [4.78, 5) is 2.58. The van der Waals surface area contributed by atoms with Crippen molar-refractivity contribution >= 4 is 23.2 Å². The Morgan fingerprint density at radius 2 is 2.16 bits per heavy atom. The molecule has 1 aliphatic heterocycles. The van der Waals surface area contributed by atoms with E-state index in [2.05, 4.69) is 30.1 Å². The topological polar surface area (TPSA) is 15.3 Å². The first-order valence-corrected chi connectivity index (χ1v) is 7.80. The van der Waals surface area contributed by atoms with Gasteiger partial charge in [0.25, 0.3) is 0 Å². The molecule has 19 heavy (non-hydrogen) atoms. The molecule has 0 bridgehead atoms. The molecule has 1 aliphatic rings. The molecule has 2 nitrogen and oxygen atoms in total. The molecule has 0 saturated carbocycles. The van der Waals surface area contributed by atoms with Gasteiger partial charge in [-0.3, -0.25) is 4.90 Å². The molecule has 2 rings (SSSR count). The van der Waals surface area contributed by atoms with E-state index in [1.54, 1.807) is 0 Å². The molecule has 2 atom stereocenters. The van der Waals surface area contributed by atoms with Gasteiger partial charge < -0.3 is 5.32 Å². The van der Waals surface area contributed by atoms with Crippen molar-refractivity contribution in [1.29, 1.82) is 0 Å². The van der Waals surface area contributed by atoms with Crippen molar-refractivity contribution in [2.75, 3.05) is 19.6 Å². The third kappa shape index (κ3) is 3.63. The van der Waals surface area contributed by atoms with Crippen molar-refractivity contribution < 1.29 is 0 Å². The first-order chi connectivity index (χ1) is 9.13. The van der Waals surface area contributed by atoms with Crippen LogP contribution in [0.1, 0.15) is 38.3 Å². The Labute approximate surface area is 126 Å². The van der Waals surface area contributed by atoms with Gasteiger partial charge in [-0.2, -0.15) is 0 Å². The number of benzene rings is 1. The molecule has 0 spiro atoms. The number of nitrogens with one attached hydrogen (secondary N) is 1. The van der Waals surface area contributed by atoms with E-state index < -0.39 is 0 Å². The van der Waals surface area contributed by atoms with Crippen LogP contribution in [0.15, 0.2) is 18.2 Å². The molecular formula is C15H22Cl2N2. The van der Waals surface area contributed by atoms with Crippen molar-refractivity contribution in [3.63, 3.8) is 0 Å². The maximum absolute atomic E-state index is 6.14. The van der Waals surface area contributed by atoms with E-state index in [4.69, 9.17) is 23.2 Å². The van der Waals surface area contributed by atoms with E-state index in [9.17, 15) is 0 Å². The lowest BCUT2D eigenvalue weighted by molar-refractivity contribution is 0.153. The molecule has 4 heteroatoms. The van der Waals surface area contributed by atoms with Crippen LogP contribution >= 0.6 is 23.2 Å². The second-order valence-electron chi connectivity index (χ2n) is 5.23. The fourth-order valence-corrected chi connectivity index (χ4v) is 3.14. The Morgan fingerprint density at radius 1 is 1.37 bits per heavy atom. The van der Waals surface area contributed by atoms with Crippen LogP contribution in [0.5, 0.6) is 0 Å². The van der Waals surface area contributed by atoms with E-state index in [0.29, 0.717) is 22.1 Å². The van der Waals surface area contributed by atoms with Crippen LogP contribution < -0.4 is 5.32 Å². The van der Waals surface area contributed by atoms with Gasteiger partial charge in [0.2, 0.25) is 0 Å². The third-order valence-electron chi connectivity index (χ3n) is 3.91. The quantitative estimate of drug-likeness (QED) is 0.879. The third-order valence-corrected chi connectivity index (χ3v) is 4.65. The lowest BCUT2D eigenvalue weighted by Crippen LogP contribution is -2.39. The number of hydrogen-bond donors (Lipinski definition) is 1. The number of rotatable bonds is 5. The molecular weight excluding hydrogens is 279 g/mol. The predicted molar refractivity (Wildman–Crippen MR) is 83.1 cm³/mol. The van der Waals surface area contributed by atoms with Gasteiger partial charge in [-0.1, -0.05) is 36.2 Å². The number of nitrogens with zero attached hydrogens (tertiary/aromatic N) is 1. The van der Waals surface area contributed by atoms with Crippen molar-refractivity contribution in [2.45, 2.75) is 38.8 Å². The molecule has 1 fully saturated rings. The maximum Gasteiger partial charge on any atom is 0.0595 e. The fourth-order valence-electron chi connectivity index (χ4n) is 2.84. The van der Waals surface area contributed by atoms with Gasteiger partial charge in [0, 0.05) is 18.6 Å². The highest BCUT2D eigenvalue weighted by Crippen LogP contribution is 2.30. The highest BCUT2D eigenvalue weighted by Gasteiger charge is 2.26. The second kappa shape index (κ2) is 6.94. The Hall–Kier alpha value is -0.280. The van der Waals surface area contributed by atoms with Crippen LogP contribution in [0.2, 0.25) is 10.0 Å². The van der Waals surface area contributed by atoms with Crippen LogP contribution in [-0.2, 0) is 0 Å². The standard InChI is InChI=1S/C15H22Cl2N2/c1-3-8-19(13-6-7-18-10-13)11(2)12-4-5-14(16)15(17)9-12/h4-5,9,11,13,18H,3,6-8,10H2,1-2H3. The normalized spacial score (nSPS) is 21.0. The van der Waals surface area contributed by atoms with E-state index in [1.165, 1.54) is 18.4 Å². The molecule has 1 aromatic carbocycles. The zero-order chi connectivity index (χ0) is 13.8. The molecule has 106 valence electrons. The summed E-state index contributed by atoms with van der Waals surface area (Å²) >= 11 is 12.1. The molecule has 0 radical (unpaired) electrons. The summed E-state index contributed by atoms with van der Waals surface area (Å²) in [5.74, 6) is 0. The monoisotopic (exact) mass is 300 g/mol. The van der Waals surface area contributed by atoms with E-state index in [1.807, 2.05) is 12.1 Å². The first-order valence-electron chi connectivity index (χ1n) is 7.05. The van der Waals surface area contributed by atoms with E-state index >= 15 is 0 Å². The van der Waals surface area contributed by atoms with Crippen molar-refractivity contribution in [2.24, 2.45) is 0 Å². The molecule has 1 aromatic rings. The molecule has 1 N–H and O–H groups in total. The minimum absolute atomic E-state index is 0.375. The van der Waals surface area contributed by atoms with Gasteiger partial charge in [-0.05, 0) is 50.6 Å². The predicted octanol–water partition coefficient (Wildman–Crippen LogP) is 4.13. The van der Waals surface area contributed by atoms with Crippen molar-refractivity contribution in [3.05, 3.63) is 33.8 Å². The molecule has 2 unspecified atom stereocenters. The summed E-state index contributed by atoms with van der Waals surface area (Å²) in [5, 5.41) is 4.72. The molecule has 0 aromatic heterocycles. The Balaban J connectivity index is 2.17. The highest BCUT2D eigenvalue weighted by atomic mass is 35.5. The molecule has 0 amide bonds. The van der Waals surface area contributed by atoms with Crippen LogP contribution in [0.25, 0.3) is 0 Å². The summed E-state index contributed by atoms with van der Waals surface area (Å²) in [6, 6.07) is 6.99. The van der Waals surface area contributed by atoms with Crippen LogP contribution in [0, 0.1) is 0 Å². The highest BCUT2D eigenvalue weighted by molar-refractivity contribution is 6.42. The summed E-state index contributed by atoms with van der Waals surface area (Å²) in [6.45, 7) is 7.82. The Morgan fingerprint density at radius 3 is 2.74 bits per heavy atom. The van der Waals surface area contributed by atoms with Gasteiger partial charge in [0.1, 0.15) is 0 Å². The second-order valence-corrected chi connectivity index (χ2v) is 6.05. The Bertz CT molecular complexity index is 417. The van der Waals surface area contributed by atoms with Crippen LogP contribution in [0.4, 0.5) is 0 Å². The minimum atomic E-state index is 0.375. The van der Waals surface area contributed by atoms with Gasteiger partial charge in [-0.15, -0.1) is 0 Å². The summed E-state index contributed by atoms with van der Waals surface area (Å²) < 4.78 is 0. The molecule has 1 saturated heterocycles. The average molecular weight is 301 g/mol. The zero-order valence-corrected chi connectivity index (χ0v) is 13.1. The smallest absolute Gasteiger partial charge is 0.0595 e. The SMILES string of the molecule is CCCN(C1CCNC1)C(C)c1ccc(Cl)c(Cl)c1. The minimum Gasteiger partial charge on any atom is -0.315 e. The van der Waals surface area contributed by atoms with Gasteiger partial charge in [-0.25, -0.2) is 0 Å². The first kappa shape index (κ1) is 15.1. The lowest BCUT2D eigenvalue weighted by atomic mass is 10.0. The van der Waals surface area contributed by atoms with E-state index in [-0.39, 0.29) is 0 Å². The largest absolute Gasteiger partial charge is 0.315 e. The Kier molecular flexibility index (Phi) is 5.52. The summed E-state index contributed by atoms with van der Waals surface area (Å²) in [6.07, 6.45) is 2.40. The molecule has 0 aliphatic carbocycles. The number of halogens is 2. The van der Waals surface area contributed by atoms with Crippen molar-refractivity contribution in [1.82, 2.24) is 10.2 Å².